The van der Waals surface area contributed by atoms with Crippen molar-refractivity contribution in [2.24, 2.45) is 0 Å². The van der Waals surface area contributed by atoms with Gasteiger partial charge in [0.2, 0.25) is 0 Å². The number of nitrogens with zero attached hydrogens (tertiary/aromatic N) is 2. The van der Waals surface area contributed by atoms with Gasteiger partial charge in [0.25, 0.3) is 0 Å². The fraction of sp³-hybridized carbons (Fsp3) is 0.235. The normalized spacial score (nSPS) is 11.1. The Bertz CT molecular complexity index is 829. The van der Waals surface area contributed by atoms with E-state index in [4.69, 9.17) is 27.9 Å². The molecule has 0 unspecified atom stereocenters. The van der Waals surface area contributed by atoms with E-state index in [1.54, 1.807) is 6.07 Å². The highest BCUT2D eigenvalue weighted by Crippen LogP contribution is 2.31. The number of fused-ring (bicyclic) bond motifs is 1. The van der Waals surface area contributed by atoms with Gasteiger partial charge in [-0.05, 0) is 30.7 Å². The lowest BCUT2D eigenvalue weighted by atomic mass is 10.2. The maximum atomic E-state index is 9.41. The van der Waals surface area contributed by atoms with Crippen LogP contribution in [-0.4, -0.2) is 14.7 Å². The first kappa shape index (κ1) is 16.1. The van der Waals surface area contributed by atoms with Crippen LogP contribution in [0.4, 0.5) is 0 Å². The first-order valence-corrected chi connectivity index (χ1v) is 8.04. The number of hydrogen-bond donors (Lipinski definition) is 1. The van der Waals surface area contributed by atoms with Gasteiger partial charge in [0.1, 0.15) is 24.8 Å². The van der Waals surface area contributed by atoms with Gasteiger partial charge >= 0.3 is 0 Å². The lowest BCUT2D eigenvalue weighted by Crippen LogP contribution is -2.01. The monoisotopic (exact) mass is 350 g/mol. The quantitative estimate of drug-likeness (QED) is 0.740. The van der Waals surface area contributed by atoms with Crippen LogP contribution in [0.1, 0.15) is 18.3 Å². The fourth-order valence-corrected chi connectivity index (χ4v) is 2.84. The van der Waals surface area contributed by atoms with Crippen molar-refractivity contribution in [2.75, 3.05) is 0 Å². The Kier molecular flexibility index (Phi) is 4.76. The van der Waals surface area contributed by atoms with Gasteiger partial charge in [0.05, 0.1) is 16.1 Å². The van der Waals surface area contributed by atoms with Gasteiger partial charge in [0.15, 0.2) is 0 Å². The summed E-state index contributed by atoms with van der Waals surface area (Å²) in [6.07, 6.45) is 0. The Hall–Kier alpha value is -1.75. The third kappa shape index (κ3) is 3.29. The molecule has 0 spiro atoms. The standard InChI is InChI=1S/C17H16Cl2N2O2/c1-2-21-15-7-13(19)16(8-14(15)20-17(21)9-22)23-10-11-3-5-12(18)6-4-11/h3-8,22H,2,9-10H2,1H3. The molecule has 0 atom stereocenters. The van der Waals surface area contributed by atoms with Gasteiger partial charge in [-0.1, -0.05) is 35.3 Å². The number of aliphatic hydroxyl groups excluding tert-OH is 1. The zero-order valence-corrected chi connectivity index (χ0v) is 14.1. The first-order chi connectivity index (χ1) is 11.1. The van der Waals surface area contributed by atoms with Crippen LogP contribution in [0.2, 0.25) is 10.0 Å². The molecule has 6 heteroatoms. The smallest absolute Gasteiger partial charge is 0.140 e. The number of rotatable bonds is 5. The minimum atomic E-state index is -0.110. The van der Waals surface area contributed by atoms with Gasteiger partial charge < -0.3 is 14.4 Å². The molecule has 1 aromatic heterocycles. The van der Waals surface area contributed by atoms with Crippen LogP contribution < -0.4 is 4.74 Å². The molecule has 3 rings (SSSR count). The molecule has 120 valence electrons. The van der Waals surface area contributed by atoms with E-state index in [0.29, 0.717) is 34.8 Å². The SMILES string of the molecule is CCn1c(CO)nc2cc(OCc3ccc(Cl)cc3)c(Cl)cc21. The van der Waals surface area contributed by atoms with Crippen LogP contribution >= 0.6 is 23.2 Å². The number of ether oxygens (including phenoxy) is 1. The molecule has 0 radical (unpaired) electrons. The second-order valence-corrected chi connectivity index (χ2v) is 5.96. The summed E-state index contributed by atoms with van der Waals surface area (Å²) >= 11 is 12.2. The number of aromatic nitrogens is 2. The topological polar surface area (TPSA) is 47.3 Å². The van der Waals surface area contributed by atoms with Gasteiger partial charge in [-0.15, -0.1) is 0 Å². The molecule has 23 heavy (non-hydrogen) atoms. The van der Waals surface area contributed by atoms with Crippen molar-refractivity contribution in [2.45, 2.75) is 26.7 Å². The van der Waals surface area contributed by atoms with Gasteiger partial charge in [-0.25, -0.2) is 4.98 Å². The predicted octanol–water partition coefficient (Wildman–Crippen LogP) is 4.43. The highest BCUT2D eigenvalue weighted by molar-refractivity contribution is 6.32. The van der Waals surface area contributed by atoms with E-state index in [2.05, 4.69) is 4.98 Å². The second kappa shape index (κ2) is 6.79. The molecule has 0 aliphatic rings. The number of hydrogen-bond acceptors (Lipinski definition) is 3. The molecule has 4 nitrogen and oxygen atoms in total. The molecule has 1 heterocycles. The highest BCUT2D eigenvalue weighted by Gasteiger charge is 2.13. The van der Waals surface area contributed by atoms with Crippen LogP contribution in [0.3, 0.4) is 0 Å². The van der Waals surface area contributed by atoms with E-state index in [1.165, 1.54) is 0 Å². The van der Waals surface area contributed by atoms with Crippen molar-refractivity contribution in [1.29, 1.82) is 0 Å². The lowest BCUT2D eigenvalue weighted by Gasteiger charge is -2.09. The van der Waals surface area contributed by atoms with Crippen LogP contribution in [0.5, 0.6) is 5.75 Å². The summed E-state index contributed by atoms with van der Waals surface area (Å²) in [6, 6.07) is 11.1. The molecule has 0 fully saturated rings. The highest BCUT2D eigenvalue weighted by atomic mass is 35.5. The molecular formula is C17H16Cl2N2O2. The molecule has 0 amide bonds. The van der Waals surface area contributed by atoms with E-state index in [1.807, 2.05) is 41.8 Å². The summed E-state index contributed by atoms with van der Waals surface area (Å²) in [7, 11) is 0. The molecule has 3 aromatic rings. The van der Waals surface area contributed by atoms with E-state index < -0.39 is 0 Å². The molecule has 2 aromatic carbocycles. The number of imidazole rings is 1. The minimum Gasteiger partial charge on any atom is -0.487 e. The predicted molar refractivity (Wildman–Crippen MR) is 92.1 cm³/mol. The summed E-state index contributed by atoms with van der Waals surface area (Å²) < 4.78 is 7.74. The van der Waals surface area contributed by atoms with Crippen molar-refractivity contribution < 1.29 is 9.84 Å². The average molecular weight is 351 g/mol. The fourth-order valence-electron chi connectivity index (χ4n) is 2.50. The minimum absolute atomic E-state index is 0.110. The first-order valence-electron chi connectivity index (χ1n) is 7.29. The number of aliphatic hydroxyl groups is 1. The van der Waals surface area contributed by atoms with Crippen molar-refractivity contribution in [3.8, 4) is 5.75 Å². The summed E-state index contributed by atoms with van der Waals surface area (Å²) in [5.41, 5.74) is 2.65. The molecule has 0 bridgehead atoms. The molecule has 0 aliphatic heterocycles. The van der Waals surface area contributed by atoms with Crippen molar-refractivity contribution in [3.63, 3.8) is 0 Å². The summed E-state index contributed by atoms with van der Waals surface area (Å²) in [5.74, 6) is 1.19. The Morgan fingerprint density at radius 1 is 1.17 bits per heavy atom. The van der Waals surface area contributed by atoms with Crippen molar-refractivity contribution >= 4 is 34.2 Å². The molecule has 0 saturated heterocycles. The molecule has 1 N–H and O–H groups in total. The average Bonchev–Trinajstić information content (AvgIpc) is 2.90. The van der Waals surface area contributed by atoms with Crippen molar-refractivity contribution in [3.05, 3.63) is 57.8 Å². The van der Waals surface area contributed by atoms with Crippen LogP contribution in [-0.2, 0) is 19.8 Å². The number of benzene rings is 2. The Morgan fingerprint density at radius 2 is 1.91 bits per heavy atom. The van der Waals surface area contributed by atoms with E-state index in [0.717, 1.165) is 16.6 Å². The zero-order chi connectivity index (χ0) is 16.4. The Morgan fingerprint density at radius 3 is 2.57 bits per heavy atom. The maximum absolute atomic E-state index is 9.41. The maximum Gasteiger partial charge on any atom is 0.140 e. The van der Waals surface area contributed by atoms with Crippen LogP contribution in [0, 0.1) is 0 Å². The number of aryl methyl sites for hydroxylation is 1. The van der Waals surface area contributed by atoms with Crippen LogP contribution in [0.15, 0.2) is 36.4 Å². The second-order valence-electron chi connectivity index (χ2n) is 5.12. The van der Waals surface area contributed by atoms with Gasteiger partial charge in [-0.2, -0.15) is 0 Å². The van der Waals surface area contributed by atoms with Gasteiger partial charge in [0, 0.05) is 17.6 Å². The summed E-state index contributed by atoms with van der Waals surface area (Å²) in [5, 5.41) is 10.6. The zero-order valence-electron chi connectivity index (χ0n) is 12.6. The third-order valence-electron chi connectivity index (χ3n) is 3.65. The van der Waals surface area contributed by atoms with Crippen LogP contribution in [0.25, 0.3) is 11.0 Å². The molecule has 0 aliphatic carbocycles. The summed E-state index contributed by atoms with van der Waals surface area (Å²) in [6.45, 7) is 3.00. The van der Waals surface area contributed by atoms with E-state index in [9.17, 15) is 5.11 Å². The molecular weight excluding hydrogens is 335 g/mol. The van der Waals surface area contributed by atoms with Gasteiger partial charge in [-0.3, -0.25) is 0 Å². The van der Waals surface area contributed by atoms with Crippen molar-refractivity contribution in [1.82, 2.24) is 9.55 Å². The lowest BCUT2D eigenvalue weighted by molar-refractivity contribution is 0.266. The Balaban J connectivity index is 1.89. The largest absolute Gasteiger partial charge is 0.487 e. The summed E-state index contributed by atoms with van der Waals surface area (Å²) in [4.78, 5) is 4.43. The third-order valence-corrected chi connectivity index (χ3v) is 4.19. The Labute approximate surface area is 144 Å². The number of halogens is 2. The van der Waals surface area contributed by atoms with E-state index in [-0.39, 0.29) is 6.61 Å². The van der Waals surface area contributed by atoms with E-state index >= 15 is 0 Å². The molecule has 0 saturated carbocycles.